The van der Waals surface area contributed by atoms with E-state index in [0.717, 1.165) is 42.3 Å². The number of carbonyl (C=O) groups excluding carboxylic acids is 1. The van der Waals surface area contributed by atoms with E-state index in [1.54, 1.807) is 12.1 Å². The molecule has 0 bridgehead atoms. The van der Waals surface area contributed by atoms with Gasteiger partial charge in [-0.15, -0.1) is 0 Å². The first-order valence-corrected chi connectivity index (χ1v) is 10.4. The van der Waals surface area contributed by atoms with Crippen LogP contribution in [0.2, 0.25) is 0 Å². The predicted octanol–water partition coefficient (Wildman–Crippen LogP) is 4.18. The van der Waals surface area contributed by atoms with Crippen LogP contribution in [0.25, 0.3) is 0 Å². The van der Waals surface area contributed by atoms with Gasteiger partial charge in [0.15, 0.2) is 0 Å². The molecule has 0 aliphatic heterocycles. The Bertz CT molecular complexity index is 704. The van der Waals surface area contributed by atoms with Gasteiger partial charge in [-0.25, -0.2) is 9.37 Å². The van der Waals surface area contributed by atoms with Crippen LogP contribution >= 0.6 is 11.5 Å². The number of anilines is 1. The van der Waals surface area contributed by atoms with Crippen molar-refractivity contribution in [2.75, 3.05) is 18.0 Å². The highest BCUT2D eigenvalue weighted by Gasteiger charge is 2.19. The maximum Gasteiger partial charge on any atom is 0.221 e. The van der Waals surface area contributed by atoms with E-state index in [2.05, 4.69) is 40.3 Å². The maximum atomic E-state index is 13.0. The molecule has 2 rings (SSSR count). The molecule has 0 aliphatic carbocycles. The number of hydrogen-bond acceptors (Lipinski definition) is 5. The molecule has 1 aromatic carbocycles. The summed E-state index contributed by atoms with van der Waals surface area (Å²) in [5.41, 5.74) is 0.978. The lowest BCUT2D eigenvalue weighted by Gasteiger charge is -2.27. The van der Waals surface area contributed by atoms with Crippen molar-refractivity contribution in [1.29, 1.82) is 0 Å². The van der Waals surface area contributed by atoms with Crippen LogP contribution < -0.4 is 10.2 Å². The second-order valence-corrected chi connectivity index (χ2v) is 7.43. The summed E-state index contributed by atoms with van der Waals surface area (Å²) in [6.45, 7) is 7.72. The standard InChI is InChI=1S/C20H29FN4OS/c1-4-6-12-22-19(26)11-13-25(15(3)5-2)20-23-18(24-27-20)14-16-7-9-17(21)10-8-16/h7-10,15H,4-6,11-14H2,1-3H3,(H,22,26)/t15-/m1/s1. The zero-order valence-electron chi connectivity index (χ0n) is 16.4. The number of benzene rings is 1. The number of halogens is 1. The van der Waals surface area contributed by atoms with Gasteiger partial charge in [0, 0.05) is 43.5 Å². The molecule has 5 nitrogen and oxygen atoms in total. The van der Waals surface area contributed by atoms with Crippen molar-refractivity contribution < 1.29 is 9.18 Å². The van der Waals surface area contributed by atoms with Crippen molar-refractivity contribution in [2.24, 2.45) is 0 Å². The molecule has 0 spiro atoms. The number of nitrogens with zero attached hydrogens (tertiary/aromatic N) is 3. The molecule has 2 aromatic rings. The third-order valence-corrected chi connectivity index (χ3v) is 5.32. The third kappa shape index (κ3) is 6.90. The van der Waals surface area contributed by atoms with Crippen LogP contribution in [0.1, 0.15) is 57.8 Å². The summed E-state index contributed by atoms with van der Waals surface area (Å²) in [4.78, 5) is 18.9. The van der Waals surface area contributed by atoms with Crippen molar-refractivity contribution in [2.45, 2.75) is 58.9 Å². The summed E-state index contributed by atoms with van der Waals surface area (Å²) < 4.78 is 17.5. The van der Waals surface area contributed by atoms with Crippen LogP contribution in [0, 0.1) is 5.82 Å². The van der Waals surface area contributed by atoms with Gasteiger partial charge in [-0.05, 0) is 37.5 Å². The lowest BCUT2D eigenvalue weighted by molar-refractivity contribution is -0.120. The Morgan fingerprint density at radius 2 is 2.04 bits per heavy atom. The van der Waals surface area contributed by atoms with E-state index in [9.17, 15) is 9.18 Å². The van der Waals surface area contributed by atoms with E-state index in [4.69, 9.17) is 0 Å². The Morgan fingerprint density at radius 1 is 1.30 bits per heavy atom. The molecule has 0 unspecified atom stereocenters. The van der Waals surface area contributed by atoms with E-state index in [1.807, 2.05) is 0 Å². The SMILES string of the molecule is CCCCNC(=O)CCN(c1nc(Cc2ccc(F)cc2)ns1)[C@H](C)CC. The fraction of sp³-hybridized carbons (Fsp3) is 0.550. The molecule has 0 saturated carbocycles. The van der Waals surface area contributed by atoms with Crippen molar-refractivity contribution >= 4 is 22.6 Å². The topological polar surface area (TPSA) is 58.1 Å². The Labute approximate surface area is 165 Å². The van der Waals surface area contributed by atoms with E-state index >= 15 is 0 Å². The maximum absolute atomic E-state index is 13.0. The summed E-state index contributed by atoms with van der Waals surface area (Å²) in [7, 11) is 0. The van der Waals surface area contributed by atoms with E-state index in [1.165, 1.54) is 23.7 Å². The molecule has 0 fully saturated rings. The molecule has 27 heavy (non-hydrogen) atoms. The summed E-state index contributed by atoms with van der Waals surface area (Å²) in [6, 6.07) is 6.68. The van der Waals surface area contributed by atoms with E-state index in [-0.39, 0.29) is 17.8 Å². The van der Waals surface area contributed by atoms with Crippen molar-refractivity contribution in [3.8, 4) is 0 Å². The van der Waals surface area contributed by atoms with Crippen molar-refractivity contribution in [3.05, 3.63) is 41.5 Å². The average molecular weight is 393 g/mol. The monoisotopic (exact) mass is 392 g/mol. The molecule has 7 heteroatoms. The Kier molecular flexibility index (Phi) is 8.64. The highest BCUT2D eigenvalue weighted by atomic mass is 32.1. The third-order valence-electron chi connectivity index (χ3n) is 4.53. The zero-order chi connectivity index (χ0) is 19.6. The van der Waals surface area contributed by atoms with Gasteiger partial charge >= 0.3 is 0 Å². The molecule has 1 aromatic heterocycles. The Morgan fingerprint density at radius 3 is 2.70 bits per heavy atom. The van der Waals surface area contributed by atoms with E-state index < -0.39 is 0 Å². The van der Waals surface area contributed by atoms with Crippen LogP contribution in [-0.2, 0) is 11.2 Å². The predicted molar refractivity (Wildman–Crippen MR) is 109 cm³/mol. The molecule has 148 valence electrons. The van der Waals surface area contributed by atoms with E-state index in [0.29, 0.717) is 19.4 Å². The normalized spacial score (nSPS) is 12.0. The molecule has 0 saturated heterocycles. The number of amides is 1. The number of carbonyl (C=O) groups is 1. The largest absolute Gasteiger partial charge is 0.356 e. The van der Waals surface area contributed by atoms with Crippen molar-refractivity contribution in [3.63, 3.8) is 0 Å². The van der Waals surface area contributed by atoms with Crippen LogP contribution in [0.5, 0.6) is 0 Å². The number of rotatable bonds is 11. The molecule has 1 heterocycles. The second-order valence-electron chi connectivity index (χ2n) is 6.70. The fourth-order valence-electron chi connectivity index (χ4n) is 2.66. The number of aromatic nitrogens is 2. The minimum Gasteiger partial charge on any atom is -0.356 e. The van der Waals surface area contributed by atoms with Gasteiger partial charge < -0.3 is 10.2 Å². The first-order valence-electron chi connectivity index (χ1n) is 9.63. The second kappa shape index (κ2) is 11.0. The van der Waals surface area contributed by atoms with Gasteiger partial charge in [0.1, 0.15) is 11.6 Å². The lowest BCUT2D eigenvalue weighted by Crippen LogP contribution is -2.36. The quantitative estimate of drug-likeness (QED) is 0.583. The smallest absolute Gasteiger partial charge is 0.221 e. The number of unbranched alkanes of at least 4 members (excludes halogenated alkanes) is 1. The summed E-state index contributed by atoms with van der Waals surface area (Å²) in [5.74, 6) is 0.556. The lowest BCUT2D eigenvalue weighted by atomic mass is 10.1. The van der Waals surface area contributed by atoms with Gasteiger partial charge in [-0.1, -0.05) is 32.4 Å². The average Bonchev–Trinajstić information content (AvgIpc) is 3.12. The minimum atomic E-state index is -0.245. The molecule has 0 aliphatic rings. The highest BCUT2D eigenvalue weighted by Crippen LogP contribution is 2.22. The summed E-state index contributed by atoms with van der Waals surface area (Å²) in [5, 5.41) is 3.80. The fourth-order valence-corrected chi connectivity index (χ4v) is 3.47. The van der Waals surface area contributed by atoms with Crippen LogP contribution in [0.15, 0.2) is 24.3 Å². The molecular formula is C20H29FN4OS. The molecule has 1 amide bonds. The molecule has 1 atom stereocenters. The number of nitrogens with one attached hydrogen (secondary N) is 1. The van der Waals surface area contributed by atoms with Crippen LogP contribution in [-0.4, -0.2) is 34.4 Å². The van der Waals surface area contributed by atoms with Gasteiger partial charge in [0.2, 0.25) is 11.0 Å². The zero-order valence-corrected chi connectivity index (χ0v) is 17.2. The summed E-state index contributed by atoms with van der Waals surface area (Å²) in [6.07, 6.45) is 4.05. The first-order chi connectivity index (χ1) is 13.0. The van der Waals surface area contributed by atoms with Gasteiger partial charge in [0.05, 0.1) is 0 Å². The van der Waals surface area contributed by atoms with Gasteiger partial charge in [-0.3, -0.25) is 4.79 Å². The Hall–Kier alpha value is -2.02. The van der Waals surface area contributed by atoms with Crippen molar-refractivity contribution in [1.82, 2.24) is 14.7 Å². The van der Waals surface area contributed by atoms with Crippen LogP contribution in [0.3, 0.4) is 0 Å². The highest BCUT2D eigenvalue weighted by molar-refractivity contribution is 7.09. The summed E-state index contributed by atoms with van der Waals surface area (Å²) >= 11 is 1.36. The van der Waals surface area contributed by atoms with Gasteiger partial charge in [-0.2, -0.15) is 4.37 Å². The Balaban J connectivity index is 1.98. The van der Waals surface area contributed by atoms with Crippen LogP contribution in [0.4, 0.5) is 9.52 Å². The first kappa shape index (κ1) is 21.3. The van der Waals surface area contributed by atoms with Gasteiger partial charge in [0.25, 0.3) is 0 Å². The molecule has 0 radical (unpaired) electrons. The number of hydrogen-bond donors (Lipinski definition) is 1. The minimum absolute atomic E-state index is 0.0767. The molecular weight excluding hydrogens is 363 g/mol. The molecule has 1 N–H and O–H groups in total.